The standard InChI is InChI=1S/C29H29FN6O2.2C2HF3O2/c1-4-17-13-22(25(30)24(14-17)38-5-2)26(35-19-8-9-20-18(15-19)10-12-32-27(20)31)28-34-16-23(36-28)21-7-6-11-33-29(21)37-3;2*3-2(4,5)1(6)7/h6-16,26,35H,4-5H2,1-3H3,(H2,31,32)(H,34,36);2*(H,6,7). The molecule has 19 heteroatoms. The van der Waals surface area contributed by atoms with Crippen molar-refractivity contribution >= 4 is 34.2 Å². The number of pyridine rings is 2. The molecule has 5 rings (SSSR count). The molecule has 0 saturated carbocycles. The number of ether oxygens (including phenoxy) is 2. The minimum atomic E-state index is -5.08. The van der Waals surface area contributed by atoms with Gasteiger partial charge in [-0.05, 0) is 66.8 Å². The first-order chi connectivity index (χ1) is 24.4. The molecule has 12 nitrogen and oxygen atoms in total. The number of anilines is 2. The maximum absolute atomic E-state index is 15.9. The molecule has 3 heterocycles. The number of nitrogens with zero attached hydrogens (tertiary/aromatic N) is 3. The monoisotopic (exact) mass is 740 g/mol. The van der Waals surface area contributed by atoms with E-state index >= 15 is 4.39 Å². The average Bonchev–Trinajstić information content (AvgIpc) is 3.58. The topological polar surface area (TPSA) is 186 Å². The number of methoxy groups -OCH3 is 1. The number of alkyl halides is 6. The molecular formula is C33H31F7N6O6. The van der Waals surface area contributed by atoms with Crippen LogP contribution >= 0.6 is 0 Å². The van der Waals surface area contributed by atoms with Crippen molar-refractivity contribution in [2.24, 2.45) is 0 Å². The molecule has 0 amide bonds. The molecule has 0 aliphatic carbocycles. The van der Waals surface area contributed by atoms with Gasteiger partial charge in [-0.25, -0.2) is 28.9 Å². The average molecular weight is 741 g/mol. The summed E-state index contributed by atoms with van der Waals surface area (Å²) in [4.78, 5) is 34.3. The first-order valence-electron chi connectivity index (χ1n) is 14.9. The molecule has 1 atom stereocenters. The number of H-pyrrole nitrogens is 1. The summed E-state index contributed by atoms with van der Waals surface area (Å²) in [6.07, 6.45) is -4.36. The van der Waals surface area contributed by atoms with Crippen LogP contribution in [0.4, 0.5) is 42.2 Å². The second kappa shape index (κ2) is 17.2. The molecule has 0 aliphatic rings. The molecule has 0 saturated heterocycles. The highest BCUT2D eigenvalue weighted by Gasteiger charge is 2.39. The van der Waals surface area contributed by atoms with Gasteiger partial charge in [0.15, 0.2) is 11.6 Å². The Labute approximate surface area is 290 Å². The molecule has 0 aliphatic heterocycles. The second-order valence-corrected chi connectivity index (χ2v) is 10.3. The smallest absolute Gasteiger partial charge is 0.490 e. The van der Waals surface area contributed by atoms with E-state index in [-0.39, 0.29) is 5.75 Å². The molecule has 0 radical (unpaired) electrons. The van der Waals surface area contributed by atoms with Crippen LogP contribution in [0.1, 0.15) is 36.8 Å². The largest absolute Gasteiger partial charge is 0.491 e. The first kappa shape index (κ1) is 40.3. The van der Waals surface area contributed by atoms with Crippen LogP contribution in [0.25, 0.3) is 22.0 Å². The summed E-state index contributed by atoms with van der Waals surface area (Å²) in [6.45, 7) is 4.22. The third-order valence-corrected chi connectivity index (χ3v) is 6.85. The van der Waals surface area contributed by atoms with E-state index in [1.165, 1.54) is 0 Å². The molecular weight excluding hydrogens is 709 g/mol. The van der Waals surface area contributed by atoms with Crippen LogP contribution in [0.2, 0.25) is 0 Å². The molecule has 0 spiro atoms. The number of nitrogens with one attached hydrogen (secondary N) is 2. The van der Waals surface area contributed by atoms with Gasteiger partial charge in [-0.2, -0.15) is 26.3 Å². The number of aryl methyl sites for hydroxylation is 1. The van der Waals surface area contributed by atoms with Gasteiger partial charge in [0.2, 0.25) is 5.88 Å². The number of nitrogen functional groups attached to an aromatic ring is 1. The normalized spacial score (nSPS) is 11.7. The maximum atomic E-state index is 15.9. The predicted molar refractivity (Wildman–Crippen MR) is 174 cm³/mol. The number of aromatic amines is 1. The van der Waals surface area contributed by atoms with Crippen molar-refractivity contribution in [3.05, 3.63) is 89.9 Å². The Kier molecular flexibility index (Phi) is 13.3. The number of nitrogens with two attached hydrogens (primary N) is 1. The molecule has 6 N–H and O–H groups in total. The Morgan fingerprint density at radius 2 is 1.62 bits per heavy atom. The number of carboxylic acids is 2. The fraction of sp³-hybridized carbons (Fsp3) is 0.242. The maximum Gasteiger partial charge on any atom is 0.490 e. The highest BCUT2D eigenvalue weighted by atomic mass is 19.4. The lowest BCUT2D eigenvalue weighted by molar-refractivity contribution is -0.193. The van der Waals surface area contributed by atoms with Crippen molar-refractivity contribution in [1.82, 2.24) is 19.9 Å². The predicted octanol–water partition coefficient (Wildman–Crippen LogP) is 7.18. The number of benzene rings is 2. The number of aromatic nitrogens is 4. The molecule has 5 aromatic rings. The van der Waals surface area contributed by atoms with Crippen molar-refractivity contribution in [3.8, 4) is 22.9 Å². The quantitative estimate of drug-likeness (QED) is 0.0965. The highest BCUT2D eigenvalue weighted by Crippen LogP contribution is 2.35. The van der Waals surface area contributed by atoms with Gasteiger partial charge in [-0.15, -0.1) is 0 Å². The van der Waals surface area contributed by atoms with Crippen LogP contribution < -0.4 is 20.5 Å². The fourth-order valence-corrected chi connectivity index (χ4v) is 4.48. The third-order valence-electron chi connectivity index (χ3n) is 6.85. The minimum absolute atomic E-state index is 0.215. The zero-order chi connectivity index (χ0) is 38.8. The van der Waals surface area contributed by atoms with E-state index in [1.54, 1.807) is 31.8 Å². The number of carbonyl (C=O) groups is 2. The summed E-state index contributed by atoms with van der Waals surface area (Å²) >= 11 is 0. The van der Waals surface area contributed by atoms with Gasteiger partial charge in [0.05, 0.1) is 25.0 Å². The zero-order valence-corrected chi connectivity index (χ0v) is 27.4. The van der Waals surface area contributed by atoms with Gasteiger partial charge in [0.25, 0.3) is 0 Å². The number of fused-ring (bicyclic) bond motifs is 1. The van der Waals surface area contributed by atoms with Crippen molar-refractivity contribution in [2.45, 2.75) is 38.7 Å². The molecule has 278 valence electrons. The van der Waals surface area contributed by atoms with Gasteiger partial charge < -0.3 is 35.7 Å². The van der Waals surface area contributed by atoms with E-state index in [4.69, 9.17) is 40.0 Å². The molecule has 0 fully saturated rings. The van der Waals surface area contributed by atoms with Gasteiger partial charge in [0.1, 0.15) is 17.7 Å². The molecule has 0 bridgehead atoms. The Morgan fingerprint density at radius 1 is 0.962 bits per heavy atom. The van der Waals surface area contributed by atoms with Crippen LogP contribution in [0.15, 0.2) is 67.1 Å². The van der Waals surface area contributed by atoms with Crippen LogP contribution in [0.3, 0.4) is 0 Å². The lowest BCUT2D eigenvalue weighted by Gasteiger charge is -2.22. The molecule has 3 aromatic heterocycles. The number of aliphatic carboxylic acids is 2. The number of halogens is 7. The van der Waals surface area contributed by atoms with Gasteiger partial charge >= 0.3 is 24.3 Å². The summed E-state index contributed by atoms with van der Waals surface area (Å²) in [5.74, 6) is -4.31. The van der Waals surface area contributed by atoms with Crippen LogP contribution in [-0.4, -0.2) is 68.2 Å². The van der Waals surface area contributed by atoms with E-state index in [0.717, 1.165) is 34.0 Å². The molecule has 52 heavy (non-hydrogen) atoms. The summed E-state index contributed by atoms with van der Waals surface area (Å²) < 4.78 is 90.5. The van der Waals surface area contributed by atoms with E-state index in [1.807, 2.05) is 56.3 Å². The van der Waals surface area contributed by atoms with Crippen molar-refractivity contribution < 1.29 is 60.0 Å². The van der Waals surface area contributed by atoms with E-state index in [2.05, 4.69) is 20.3 Å². The Hall–Kier alpha value is -6.14. The van der Waals surface area contributed by atoms with E-state index in [0.29, 0.717) is 35.4 Å². The fourth-order valence-electron chi connectivity index (χ4n) is 4.48. The lowest BCUT2D eigenvalue weighted by Crippen LogP contribution is -2.21. The van der Waals surface area contributed by atoms with Crippen molar-refractivity contribution in [3.63, 3.8) is 0 Å². The highest BCUT2D eigenvalue weighted by molar-refractivity contribution is 5.93. The van der Waals surface area contributed by atoms with Crippen LogP contribution in [-0.2, 0) is 16.0 Å². The summed E-state index contributed by atoms with van der Waals surface area (Å²) in [5, 5.41) is 19.5. The number of carboxylic acid groups (broad SMARTS) is 2. The van der Waals surface area contributed by atoms with E-state index in [9.17, 15) is 26.3 Å². The van der Waals surface area contributed by atoms with Gasteiger partial charge in [0, 0.05) is 35.2 Å². The number of hydrogen-bond acceptors (Lipinski definition) is 9. The number of rotatable bonds is 9. The van der Waals surface area contributed by atoms with Crippen molar-refractivity contribution in [1.29, 1.82) is 0 Å². The zero-order valence-electron chi connectivity index (χ0n) is 27.4. The number of imidazole rings is 1. The minimum Gasteiger partial charge on any atom is -0.491 e. The SMILES string of the molecule is CCOc1cc(CC)cc(C(Nc2ccc3c(N)nccc3c2)c2nc(-c3cccnc3OC)c[nH]2)c1F.O=C(O)C(F)(F)F.O=C(O)C(F)(F)F. The lowest BCUT2D eigenvalue weighted by atomic mass is 9.99. The Balaban J connectivity index is 0.000000441. The summed E-state index contributed by atoms with van der Waals surface area (Å²) in [6, 6.07) is 14.3. The molecule has 2 aromatic carbocycles. The van der Waals surface area contributed by atoms with Gasteiger partial charge in [-0.1, -0.05) is 13.0 Å². The Bertz CT molecular complexity index is 1980. The van der Waals surface area contributed by atoms with Crippen molar-refractivity contribution in [2.75, 3.05) is 24.8 Å². The van der Waals surface area contributed by atoms with Gasteiger partial charge in [-0.3, -0.25) is 0 Å². The first-order valence-corrected chi connectivity index (χ1v) is 14.9. The summed E-state index contributed by atoms with van der Waals surface area (Å²) in [5.41, 5.74) is 9.54. The third kappa shape index (κ3) is 10.4. The Morgan fingerprint density at radius 3 is 2.19 bits per heavy atom. The summed E-state index contributed by atoms with van der Waals surface area (Å²) in [7, 11) is 1.56. The van der Waals surface area contributed by atoms with Crippen LogP contribution in [0, 0.1) is 5.82 Å². The van der Waals surface area contributed by atoms with Crippen LogP contribution in [0.5, 0.6) is 11.6 Å². The van der Waals surface area contributed by atoms with E-state index < -0.39 is 36.2 Å². The molecule has 1 unspecified atom stereocenters. The number of hydrogen-bond donors (Lipinski definition) is 5. The second-order valence-electron chi connectivity index (χ2n) is 10.3.